The molecule has 3 rings (SSSR count). The molecule has 1 aromatic carbocycles. The van der Waals surface area contributed by atoms with Crippen LogP contribution in [0.2, 0.25) is 5.02 Å². The number of rotatable bonds is 5. The van der Waals surface area contributed by atoms with Gasteiger partial charge in [-0.15, -0.1) is 0 Å². The zero-order valence-corrected chi connectivity index (χ0v) is 14.1. The summed E-state index contributed by atoms with van der Waals surface area (Å²) in [4.78, 5) is 8.52. The fraction of sp³-hybridized carbons (Fsp3) is 0.0588. The summed E-state index contributed by atoms with van der Waals surface area (Å²) in [5.41, 5.74) is 2.42. The highest BCUT2D eigenvalue weighted by Gasteiger charge is 2.13. The van der Waals surface area contributed by atoms with Crippen LogP contribution in [0.15, 0.2) is 72.0 Å². The van der Waals surface area contributed by atoms with Gasteiger partial charge in [-0.25, -0.2) is 13.1 Å². The predicted molar refractivity (Wildman–Crippen MR) is 92.9 cm³/mol. The standard InChI is InChI=1S/C17H14ClN3O2S/c18-15-3-5-16(6-4-15)24(22,23)21-11-13-7-9-20-17(10-13)14-2-1-8-19-12-14/h1-10,12,21H,11H2. The van der Waals surface area contributed by atoms with Gasteiger partial charge in [0.2, 0.25) is 10.0 Å². The van der Waals surface area contributed by atoms with E-state index in [1.165, 1.54) is 12.1 Å². The maximum atomic E-state index is 12.3. The molecule has 0 atom stereocenters. The van der Waals surface area contributed by atoms with Crippen molar-refractivity contribution in [2.24, 2.45) is 0 Å². The Balaban J connectivity index is 1.76. The lowest BCUT2D eigenvalue weighted by Gasteiger charge is -2.08. The SMILES string of the molecule is O=S(=O)(NCc1ccnc(-c2cccnc2)c1)c1ccc(Cl)cc1. The summed E-state index contributed by atoms with van der Waals surface area (Å²) in [6, 6.07) is 13.4. The largest absolute Gasteiger partial charge is 0.264 e. The van der Waals surface area contributed by atoms with Gasteiger partial charge in [-0.1, -0.05) is 11.6 Å². The Hall–Kier alpha value is -2.28. The van der Waals surface area contributed by atoms with E-state index in [1.54, 1.807) is 36.8 Å². The maximum Gasteiger partial charge on any atom is 0.240 e. The molecular weight excluding hydrogens is 346 g/mol. The summed E-state index contributed by atoms with van der Waals surface area (Å²) < 4.78 is 27.2. The Labute approximate surface area is 145 Å². The van der Waals surface area contributed by atoms with E-state index in [-0.39, 0.29) is 11.4 Å². The lowest BCUT2D eigenvalue weighted by molar-refractivity contribution is 0.581. The van der Waals surface area contributed by atoms with E-state index in [9.17, 15) is 8.42 Å². The first kappa shape index (κ1) is 16.6. The van der Waals surface area contributed by atoms with Crippen LogP contribution in [-0.2, 0) is 16.6 Å². The zero-order chi connectivity index (χ0) is 17.0. The van der Waals surface area contributed by atoms with Gasteiger partial charge in [0.15, 0.2) is 0 Å². The topological polar surface area (TPSA) is 72.0 Å². The molecule has 0 saturated heterocycles. The molecule has 0 fully saturated rings. The van der Waals surface area contributed by atoms with Crippen molar-refractivity contribution >= 4 is 21.6 Å². The van der Waals surface area contributed by atoms with E-state index in [1.807, 2.05) is 18.2 Å². The quantitative estimate of drug-likeness (QED) is 0.758. The number of hydrogen-bond donors (Lipinski definition) is 1. The van der Waals surface area contributed by atoms with Gasteiger partial charge < -0.3 is 0 Å². The predicted octanol–water partition coefficient (Wildman–Crippen LogP) is 3.28. The minimum absolute atomic E-state index is 0.167. The molecule has 1 N–H and O–H groups in total. The molecule has 5 nitrogen and oxygen atoms in total. The van der Waals surface area contributed by atoms with Crippen molar-refractivity contribution in [1.82, 2.24) is 14.7 Å². The molecule has 0 unspecified atom stereocenters. The van der Waals surface area contributed by atoms with Crippen molar-refractivity contribution in [3.05, 3.63) is 77.7 Å². The van der Waals surface area contributed by atoms with Crippen LogP contribution < -0.4 is 4.72 Å². The highest BCUT2D eigenvalue weighted by molar-refractivity contribution is 7.89. The number of hydrogen-bond acceptors (Lipinski definition) is 4. The van der Waals surface area contributed by atoms with Crippen molar-refractivity contribution in [1.29, 1.82) is 0 Å². The Morgan fingerprint density at radius 2 is 1.83 bits per heavy atom. The summed E-state index contributed by atoms with van der Waals surface area (Å²) in [5.74, 6) is 0. The third kappa shape index (κ3) is 3.97. The van der Waals surface area contributed by atoms with Gasteiger partial charge in [0.25, 0.3) is 0 Å². The molecule has 24 heavy (non-hydrogen) atoms. The lowest BCUT2D eigenvalue weighted by Crippen LogP contribution is -2.23. The fourth-order valence-corrected chi connectivity index (χ4v) is 3.28. The van der Waals surface area contributed by atoms with Crippen LogP contribution in [0.1, 0.15) is 5.56 Å². The van der Waals surface area contributed by atoms with Gasteiger partial charge in [0.1, 0.15) is 0 Å². The number of nitrogens with zero attached hydrogens (tertiary/aromatic N) is 2. The molecule has 0 amide bonds. The van der Waals surface area contributed by atoms with Crippen molar-refractivity contribution in [3.63, 3.8) is 0 Å². The number of benzene rings is 1. The molecule has 0 aliphatic rings. The minimum Gasteiger partial charge on any atom is -0.264 e. The van der Waals surface area contributed by atoms with Crippen LogP contribution in [0.5, 0.6) is 0 Å². The van der Waals surface area contributed by atoms with Crippen LogP contribution in [0, 0.1) is 0 Å². The summed E-state index contributed by atoms with van der Waals surface area (Å²) in [6.45, 7) is 0.167. The fourth-order valence-electron chi connectivity index (χ4n) is 2.13. The number of nitrogens with one attached hydrogen (secondary N) is 1. The monoisotopic (exact) mass is 359 g/mol. The van der Waals surface area contributed by atoms with Gasteiger partial charge in [-0.05, 0) is 54.1 Å². The van der Waals surface area contributed by atoms with E-state index in [2.05, 4.69) is 14.7 Å². The number of halogens is 1. The van der Waals surface area contributed by atoms with Gasteiger partial charge in [-0.2, -0.15) is 0 Å². The van der Waals surface area contributed by atoms with Gasteiger partial charge in [-0.3, -0.25) is 9.97 Å². The molecule has 2 heterocycles. The third-order valence-corrected chi connectivity index (χ3v) is 5.04. The summed E-state index contributed by atoms with van der Waals surface area (Å²) in [5, 5.41) is 0.490. The van der Waals surface area contributed by atoms with Crippen molar-refractivity contribution in [2.45, 2.75) is 11.4 Å². The van der Waals surface area contributed by atoms with E-state index >= 15 is 0 Å². The molecule has 122 valence electrons. The van der Waals surface area contributed by atoms with E-state index < -0.39 is 10.0 Å². The molecule has 2 aromatic heterocycles. The first-order valence-corrected chi connectivity index (χ1v) is 9.01. The Morgan fingerprint density at radius 1 is 1.04 bits per heavy atom. The van der Waals surface area contributed by atoms with Crippen molar-refractivity contribution < 1.29 is 8.42 Å². The van der Waals surface area contributed by atoms with E-state index in [4.69, 9.17) is 11.6 Å². The van der Waals surface area contributed by atoms with Crippen LogP contribution in [0.4, 0.5) is 0 Å². The van der Waals surface area contributed by atoms with Crippen LogP contribution in [-0.4, -0.2) is 18.4 Å². The molecule has 0 saturated carbocycles. The second kappa shape index (κ2) is 7.09. The summed E-state index contributed by atoms with van der Waals surface area (Å²) in [7, 11) is -3.59. The molecule has 0 bridgehead atoms. The Morgan fingerprint density at radius 3 is 2.54 bits per heavy atom. The average Bonchev–Trinajstić information content (AvgIpc) is 2.61. The molecule has 0 aliphatic heterocycles. The van der Waals surface area contributed by atoms with E-state index in [0.29, 0.717) is 5.02 Å². The summed E-state index contributed by atoms with van der Waals surface area (Å²) in [6.07, 6.45) is 5.05. The maximum absolute atomic E-state index is 12.3. The van der Waals surface area contributed by atoms with Crippen molar-refractivity contribution in [2.75, 3.05) is 0 Å². The number of sulfonamides is 1. The zero-order valence-electron chi connectivity index (χ0n) is 12.6. The second-order valence-electron chi connectivity index (χ2n) is 5.07. The van der Waals surface area contributed by atoms with Gasteiger partial charge in [0, 0.05) is 35.7 Å². The average molecular weight is 360 g/mol. The lowest BCUT2D eigenvalue weighted by atomic mass is 10.1. The molecule has 0 radical (unpaired) electrons. The van der Waals surface area contributed by atoms with Gasteiger partial charge >= 0.3 is 0 Å². The molecular formula is C17H14ClN3O2S. The second-order valence-corrected chi connectivity index (χ2v) is 7.27. The first-order valence-electron chi connectivity index (χ1n) is 7.15. The van der Waals surface area contributed by atoms with Crippen LogP contribution in [0.25, 0.3) is 11.3 Å². The van der Waals surface area contributed by atoms with Crippen LogP contribution in [0.3, 0.4) is 0 Å². The van der Waals surface area contributed by atoms with E-state index in [0.717, 1.165) is 16.8 Å². The molecule has 0 aliphatic carbocycles. The van der Waals surface area contributed by atoms with Gasteiger partial charge in [0.05, 0.1) is 10.6 Å². The third-order valence-electron chi connectivity index (χ3n) is 3.37. The van der Waals surface area contributed by atoms with Crippen molar-refractivity contribution in [3.8, 4) is 11.3 Å². The molecule has 7 heteroatoms. The smallest absolute Gasteiger partial charge is 0.240 e. The number of pyridine rings is 2. The molecule has 0 spiro atoms. The highest BCUT2D eigenvalue weighted by atomic mass is 35.5. The van der Waals surface area contributed by atoms with Crippen LogP contribution >= 0.6 is 11.6 Å². The highest BCUT2D eigenvalue weighted by Crippen LogP contribution is 2.17. The Bertz CT molecular complexity index is 930. The summed E-state index contributed by atoms with van der Waals surface area (Å²) >= 11 is 5.78. The Kier molecular flexibility index (Phi) is 4.89. The first-order chi connectivity index (χ1) is 11.5. The normalized spacial score (nSPS) is 11.4. The number of aromatic nitrogens is 2. The molecule has 3 aromatic rings. The minimum atomic E-state index is -3.59.